The molecule has 474 valence electrons. The van der Waals surface area contributed by atoms with E-state index in [0.29, 0.717) is 19.3 Å². The second-order valence-corrected chi connectivity index (χ2v) is 23.8. The summed E-state index contributed by atoms with van der Waals surface area (Å²) in [5.41, 5.74) is 0. The van der Waals surface area contributed by atoms with Crippen molar-refractivity contribution >= 4 is 17.9 Å². The molecule has 0 N–H and O–H groups in total. The van der Waals surface area contributed by atoms with E-state index < -0.39 is 6.10 Å². The fraction of sp³-hybridized carbons (Fsp3) is 0.776. The van der Waals surface area contributed by atoms with Crippen molar-refractivity contribution in [3.8, 4) is 0 Å². The molecule has 0 rings (SSSR count). The standard InChI is InChI=1S/C76H134O6/c1-4-7-10-13-16-19-22-25-27-29-31-33-35-36-37-38-39-40-41-43-44-46-48-51-54-57-60-63-66-69-75(78)81-72-73(71-80-74(77)68-65-62-59-56-53-50-24-21-18-15-12-9-6-3)82-76(79)70-67-64-61-58-55-52-49-47-45-42-34-32-30-28-26-23-20-17-14-11-8-5-2/h7,10,16,19,21,24-25,27,31,33,36-37,39-40,73H,4-6,8-9,11-15,17-18,20,22-23,26,28-30,32,34-35,38,41-72H2,1-3H3/b10-7-,19-16-,24-21-,27-25-,33-31-,37-36-,40-39-. The van der Waals surface area contributed by atoms with Gasteiger partial charge in [0, 0.05) is 19.3 Å². The zero-order valence-electron chi connectivity index (χ0n) is 54.5. The summed E-state index contributed by atoms with van der Waals surface area (Å²) in [5.74, 6) is -0.870. The Labute approximate surface area is 509 Å². The van der Waals surface area contributed by atoms with E-state index in [9.17, 15) is 14.4 Å². The number of esters is 3. The van der Waals surface area contributed by atoms with Gasteiger partial charge in [-0.2, -0.15) is 0 Å². The lowest BCUT2D eigenvalue weighted by Crippen LogP contribution is -2.30. The predicted octanol–water partition coefficient (Wildman–Crippen LogP) is 24.6. The highest BCUT2D eigenvalue weighted by atomic mass is 16.6. The van der Waals surface area contributed by atoms with Crippen molar-refractivity contribution < 1.29 is 28.6 Å². The van der Waals surface area contributed by atoms with Crippen LogP contribution < -0.4 is 0 Å². The van der Waals surface area contributed by atoms with E-state index in [2.05, 4.69) is 106 Å². The van der Waals surface area contributed by atoms with Crippen LogP contribution in [-0.4, -0.2) is 37.2 Å². The monoisotopic (exact) mass is 1140 g/mol. The van der Waals surface area contributed by atoms with Gasteiger partial charge < -0.3 is 14.2 Å². The highest BCUT2D eigenvalue weighted by Gasteiger charge is 2.19. The largest absolute Gasteiger partial charge is 0.462 e. The number of rotatable bonds is 65. The Morgan fingerprint density at radius 1 is 0.256 bits per heavy atom. The fourth-order valence-corrected chi connectivity index (χ4v) is 10.3. The van der Waals surface area contributed by atoms with Crippen molar-refractivity contribution in [1.82, 2.24) is 0 Å². The molecule has 0 aliphatic rings. The average Bonchev–Trinajstić information content (AvgIpc) is 3.47. The normalized spacial score (nSPS) is 12.6. The van der Waals surface area contributed by atoms with Crippen LogP contribution in [0.5, 0.6) is 0 Å². The molecule has 0 aromatic heterocycles. The van der Waals surface area contributed by atoms with E-state index >= 15 is 0 Å². The number of carbonyl (C=O) groups excluding carboxylic acids is 3. The first-order chi connectivity index (χ1) is 40.5. The van der Waals surface area contributed by atoms with Crippen LogP contribution in [0.2, 0.25) is 0 Å². The van der Waals surface area contributed by atoms with Crippen LogP contribution in [-0.2, 0) is 28.6 Å². The molecule has 0 aliphatic carbocycles. The maximum absolute atomic E-state index is 13.0. The van der Waals surface area contributed by atoms with Crippen molar-refractivity contribution in [2.24, 2.45) is 0 Å². The Bertz CT molecular complexity index is 1550. The maximum Gasteiger partial charge on any atom is 0.306 e. The van der Waals surface area contributed by atoms with Gasteiger partial charge in [-0.1, -0.05) is 331 Å². The Morgan fingerprint density at radius 3 is 0.768 bits per heavy atom. The highest BCUT2D eigenvalue weighted by molar-refractivity contribution is 5.71. The van der Waals surface area contributed by atoms with Gasteiger partial charge in [0.25, 0.3) is 0 Å². The Balaban J connectivity index is 4.27. The minimum atomic E-state index is -0.781. The molecule has 0 spiro atoms. The molecule has 1 atom stereocenters. The van der Waals surface area contributed by atoms with E-state index in [-0.39, 0.29) is 31.1 Å². The third-order valence-corrected chi connectivity index (χ3v) is 15.6. The number of hydrogen-bond donors (Lipinski definition) is 0. The molecule has 6 heteroatoms. The molecule has 0 amide bonds. The van der Waals surface area contributed by atoms with Gasteiger partial charge in [-0.3, -0.25) is 14.4 Å². The summed E-state index contributed by atoms with van der Waals surface area (Å²) in [6.07, 6.45) is 93.2. The van der Waals surface area contributed by atoms with Crippen molar-refractivity contribution in [3.05, 3.63) is 85.1 Å². The summed E-state index contributed by atoms with van der Waals surface area (Å²) >= 11 is 0. The number of hydrogen-bond acceptors (Lipinski definition) is 6. The van der Waals surface area contributed by atoms with E-state index in [4.69, 9.17) is 14.2 Å². The first-order valence-corrected chi connectivity index (χ1v) is 35.6. The highest BCUT2D eigenvalue weighted by Crippen LogP contribution is 2.18. The quantitative estimate of drug-likeness (QED) is 0.0261. The van der Waals surface area contributed by atoms with Crippen molar-refractivity contribution in [2.75, 3.05) is 13.2 Å². The van der Waals surface area contributed by atoms with Crippen LogP contribution in [0.1, 0.15) is 361 Å². The zero-order valence-corrected chi connectivity index (χ0v) is 54.5. The summed E-state index contributed by atoms with van der Waals surface area (Å²) in [4.78, 5) is 38.4. The van der Waals surface area contributed by atoms with Crippen LogP contribution in [0.3, 0.4) is 0 Å². The maximum atomic E-state index is 13.0. The van der Waals surface area contributed by atoms with Crippen molar-refractivity contribution in [3.63, 3.8) is 0 Å². The molecule has 6 nitrogen and oxygen atoms in total. The van der Waals surface area contributed by atoms with Gasteiger partial charge in [0.15, 0.2) is 6.10 Å². The number of allylic oxidation sites excluding steroid dienone is 14. The molecule has 0 aliphatic heterocycles. The van der Waals surface area contributed by atoms with Gasteiger partial charge in [-0.05, 0) is 96.3 Å². The minimum absolute atomic E-state index is 0.0776. The predicted molar refractivity (Wildman–Crippen MR) is 358 cm³/mol. The minimum Gasteiger partial charge on any atom is -0.462 e. The fourth-order valence-electron chi connectivity index (χ4n) is 10.3. The molecular formula is C76H134O6. The van der Waals surface area contributed by atoms with E-state index in [1.807, 2.05) is 0 Å². The van der Waals surface area contributed by atoms with Gasteiger partial charge in [0.05, 0.1) is 0 Å². The van der Waals surface area contributed by atoms with Crippen LogP contribution in [0.15, 0.2) is 85.1 Å². The second kappa shape index (κ2) is 70.1. The topological polar surface area (TPSA) is 78.9 Å². The first-order valence-electron chi connectivity index (χ1n) is 35.6. The molecule has 82 heavy (non-hydrogen) atoms. The summed E-state index contributed by atoms with van der Waals surface area (Å²) in [5, 5.41) is 0. The third-order valence-electron chi connectivity index (χ3n) is 15.6. The van der Waals surface area contributed by atoms with Crippen molar-refractivity contribution in [1.29, 1.82) is 0 Å². The summed E-state index contributed by atoms with van der Waals surface area (Å²) in [7, 11) is 0. The molecule has 1 unspecified atom stereocenters. The average molecular weight is 1140 g/mol. The number of ether oxygens (including phenoxy) is 3. The molecular weight excluding hydrogens is 1010 g/mol. The molecule has 0 saturated carbocycles. The second-order valence-electron chi connectivity index (χ2n) is 23.8. The third kappa shape index (κ3) is 67.4. The van der Waals surface area contributed by atoms with E-state index in [0.717, 1.165) is 103 Å². The molecule has 0 fully saturated rings. The molecule has 0 saturated heterocycles. The summed E-state index contributed by atoms with van der Waals surface area (Å²) < 4.78 is 17.0. The number of carbonyl (C=O) groups is 3. The molecule has 0 heterocycles. The van der Waals surface area contributed by atoms with Crippen molar-refractivity contribution in [2.45, 2.75) is 367 Å². The lowest BCUT2D eigenvalue weighted by Gasteiger charge is -2.18. The lowest BCUT2D eigenvalue weighted by atomic mass is 10.0. The summed E-state index contributed by atoms with van der Waals surface area (Å²) in [6.45, 7) is 6.55. The van der Waals surface area contributed by atoms with Crippen LogP contribution in [0.25, 0.3) is 0 Å². The van der Waals surface area contributed by atoms with Gasteiger partial charge in [-0.15, -0.1) is 0 Å². The number of unbranched alkanes of at least 4 members (excludes halogenated alkanes) is 40. The van der Waals surface area contributed by atoms with Gasteiger partial charge in [0.2, 0.25) is 0 Å². The summed E-state index contributed by atoms with van der Waals surface area (Å²) in [6, 6.07) is 0. The smallest absolute Gasteiger partial charge is 0.306 e. The Hall–Kier alpha value is -3.41. The molecule has 0 aromatic carbocycles. The van der Waals surface area contributed by atoms with Crippen LogP contribution >= 0.6 is 0 Å². The Kier molecular flexibility index (Phi) is 67.2. The first kappa shape index (κ1) is 78.6. The van der Waals surface area contributed by atoms with E-state index in [1.165, 1.54) is 218 Å². The van der Waals surface area contributed by atoms with Crippen LogP contribution in [0, 0.1) is 0 Å². The van der Waals surface area contributed by atoms with Gasteiger partial charge >= 0.3 is 17.9 Å². The lowest BCUT2D eigenvalue weighted by molar-refractivity contribution is -0.167. The zero-order chi connectivity index (χ0) is 59.2. The molecule has 0 radical (unpaired) electrons. The molecule has 0 bridgehead atoms. The SMILES string of the molecule is CC/C=C\C/C=C\C/C=C\C/C=C\C/C=C\C/C=C\CCCCCCCCCCCCC(=O)OCC(COC(=O)CCCCCCC/C=C\CCCCCC)OC(=O)CCCCCCCCCCCCCCCCCCCCCCCC. The molecule has 0 aromatic rings. The van der Waals surface area contributed by atoms with Gasteiger partial charge in [-0.25, -0.2) is 0 Å². The Morgan fingerprint density at radius 2 is 0.476 bits per heavy atom. The van der Waals surface area contributed by atoms with E-state index in [1.54, 1.807) is 0 Å². The van der Waals surface area contributed by atoms with Crippen LogP contribution in [0.4, 0.5) is 0 Å². The van der Waals surface area contributed by atoms with Gasteiger partial charge in [0.1, 0.15) is 13.2 Å².